The van der Waals surface area contributed by atoms with Crippen molar-refractivity contribution in [3.05, 3.63) is 91.8 Å². The first-order chi connectivity index (χ1) is 59.4. The van der Waals surface area contributed by atoms with Crippen LogP contribution in [0, 0.1) is 41.4 Å². The molecule has 126 heavy (non-hydrogen) atoms. The molecular formula is C94H152N10O18S2Si2. The first-order valence-electron chi connectivity index (χ1n) is 46.0. The molecule has 0 radical (unpaired) electrons. The van der Waals surface area contributed by atoms with Gasteiger partial charge in [0.05, 0.1) is 17.1 Å². The number of phenols is 2. The summed E-state index contributed by atoms with van der Waals surface area (Å²) in [5.74, 6) is -5.04. The number of phenolic OH excluding ortho intramolecular Hbond substituents is 2. The van der Waals surface area contributed by atoms with Crippen LogP contribution in [-0.4, -0.2) is 220 Å². The monoisotopic (exact) mass is 1830 g/mol. The van der Waals surface area contributed by atoms with Gasteiger partial charge in [0.2, 0.25) is 23.6 Å². The maximum atomic E-state index is 14.8. The van der Waals surface area contributed by atoms with Gasteiger partial charge in [0.25, 0.3) is 11.8 Å². The van der Waals surface area contributed by atoms with Gasteiger partial charge in [-0.2, -0.15) is 0 Å². The van der Waals surface area contributed by atoms with E-state index in [2.05, 4.69) is 31.2 Å². The molecule has 14 atom stereocenters. The molecule has 2 fully saturated rings. The zero-order chi connectivity index (χ0) is 93.9. The zero-order valence-electron chi connectivity index (χ0n) is 79.0. The number of nitrogens with one attached hydrogen (secondary N) is 4. The Morgan fingerprint density at radius 3 is 1.49 bits per heavy atom. The first-order valence-corrected chi connectivity index (χ1v) is 54.1. The number of Topliss-reactive ketones (excluding diaryl/α,β-unsaturated/α-hetero) is 2. The summed E-state index contributed by atoms with van der Waals surface area (Å²) < 4.78 is 17.3. The van der Waals surface area contributed by atoms with Crippen molar-refractivity contribution in [1.29, 1.82) is 0 Å². The number of benzene rings is 2. The molecule has 0 bridgehead atoms. The number of hydrogen-bond acceptors (Lipinski definition) is 24. The van der Waals surface area contributed by atoms with Crippen LogP contribution in [0.25, 0.3) is 0 Å². The van der Waals surface area contributed by atoms with E-state index < -0.39 is 82.5 Å². The molecule has 6 amide bonds. The topological polar surface area (TPSA) is 383 Å². The van der Waals surface area contributed by atoms with E-state index in [4.69, 9.17) is 19.2 Å². The Hall–Kier alpha value is -7.86. The molecule has 2 aliphatic heterocycles. The second kappa shape index (κ2) is 53.9. The largest absolute Gasteiger partial charge is 0.508 e. The van der Waals surface area contributed by atoms with Crippen LogP contribution >= 0.6 is 22.7 Å². The second-order valence-corrected chi connectivity index (χ2v) is 47.4. The first kappa shape index (κ1) is 109. The molecule has 2 saturated heterocycles. The summed E-state index contributed by atoms with van der Waals surface area (Å²) in [5.41, 5.74) is 2.08. The van der Waals surface area contributed by atoms with Crippen molar-refractivity contribution >= 4 is 104 Å². The van der Waals surface area contributed by atoms with Gasteiger partial charge in [0.1, 0.15) is 39.7 Å². The highest BCUT2D eigenvalue weighted by atomic mass is 32.1. The molecule has 2 unspecified atom stereocenters. The number of ether oxygens (including phenoxy) is 3. The van der Waals surface area contributed by atoms with Gasteiger partial charge in [0, 0.05) is 104 Å². The fourth-order valence-electron chi connectivity index (χ4n) is 16.3. The van der Waals surface area contributed by atoms with Crippen LogP contribution in [0.1, 0.15) is 279 Å². The molecule has 2 aromatic heterocycles. The molecule has 28 nitrogen and oxygen atoms in total. The maximum absolute atomic E-state index is 14.8. The van der Waals surface area contributed by atoms with Crippen molar-refractivity contribution in [3.63, 3.8) is 0 Å². The normalized spacial score (nSPS) is 17.5. The lowest BCUT2D eigenvalue weighted by atomic mass is 9.82. The standard InChI is InChI=1S/C47H75N5O10SSi.C47H77N5O8SSi/c1-11-16-42(56)61-29-52(47(59)43(31(5)12-2)50-45(58)38-17-13-14-23-51(38)8)39(30(3)4)27-41(62-33(7)53)46-49-37(28-63-46)44(57)48-35(26-34-19-21-36(54)22-20-34)25-32(6)40(55)18-15-24-64(9,10)60;1-11-16-43(55)60-30-52(47(58)38(32(5)12-2)28-42(54)40-17-13-14-23-51(40)8)41(31(3)4)26-34(7)46-50-39(29-61-46)45(57)49-36(27-35-18-20-37(53)21-19-35)25-33(6)44(56)48-22-15-24-62(9,10)59/h19-22,28,30-32,35,38-39,41,43,54,60H,11-18,23-27,29H2,1-10H3,(H,48,57)(H,50,58);18-21,29,31-34,36,38,40-41,53,59H,11-17,22-28,30H2,1-10H3,(H,48,56)(H,49,57)/t31?,32-,35+,38+,39+,41+,43-;32?,33-,34+,36+,38-,40+,41+/m00/s1. The predicted molar refractivity (Wildman–Crippen MR) is 498 cm³/mol. The molecule has 0 saturated carbocycles. The van der Waals surface area contributed by atoms with Crippen LogP contribution < -0.4 is 21.3 Å². The average molecular weight is 1830 g/mol. The quantitative estimate of drug-likeness (QED) is 0.00669. The molecule has 8 N–H and O–H groups in total. The molecule has 6 rings (SSSR count). The highest BCUT2D eigenvalue weighted by Crippen LogP contribution is 2.36. The van der Waals surface area contributed by atoms with Crippen molar-refractivity contribution in [1.82, 2.24) is 50.8 Å². The Bertz CT molecular complexity index is 4080. The maximum Gasteiger partial charge on any atom is 0.307 e. The number of nitrogens with zero attached hydrogens (tertiary/aromatic N) is 6. The van der Waals surface area contributed by atoms with Crippen LogP contribution in [0.5, 0.6) is 11.5 Å². The van der Waals surface area contributed by atoms with Gasteiger partial charge < -0.3 is 65.1 Å². The average Bonchev–Trinajstić information content (AvgIpc) is 1.27. The summed E-state index contributed by atoms with van der Waals surface area (Å²) in [4.78, 5) is 187. The van der Waals surface area contributed by atoms with Gasteiger partial charge in [-0.1, -0.05) is 140 Å². The summed E-state index contributed by atoms with van der Waals surface area (Å²) in [6.45, 7) is 35.5. The number of hydrogen-bond donors (Lipinski definition) is 8. The number of piperidine rings is 2. The number of rotatable bonds is 52. The van der Waals surface area contributed by atoms with Crippen LogP contribution in [0.3, 0.4) is 0 Å². The van der Waals surface area contributed by atoms with Gasteiger partial charge in [-0.3, -0.25) is 62.5 Å². The Morgan fingerprint density at radius 2 is 1.02 bits per heavy atom. The Balaban J connectivity index is 0.000000447. The summed E-state index contributed by atoms with van der Waals surface area (Å²) in [6, 6.07) is 11.3. The minimum atomic E-state index is -2.30. The molecule has 0 aliphatic carbocycles. The summed E-state index contributed by atoms with van der Waals surface area (Å²) in [5, 5.41) is 36.3. The number of esters is 3. The second-order valence-electron chi connectivity index (χ2n) is 37.4. The van der Waals surface area contributed by atoms with E-state index in [0.29, 0.717) is 107 Å². The van der Waals surface area contributed by atoms with Crippen molar-refractivity contribution in [2.75, 3.05) is 47.2 Å². The van der Waals surface area contributed by atoms with Crippen LogP contribution in [0.2, 0.25) is 38.3 Å². The van der Waals surface area contributed by atoms with Gasteiger partial charge in [-0.25, -0.2) is 9.97 Å². The predicted octanol–water partition coefficient (Wildman–Crippen LogP) is 14.6. The number of carbonyl (C=O) groups is 11. The number of thiazole rings is 2. The fourth-order valence-corrected chi connectivity index (χ4v) is 20.1. The molecule has 706 valence electrons. The summed E-state index contributed by atoms with van der Waals surface area (Å²) in [6.07, 6.45) is 11.1. The van der Waals surface area contributed by atoms with Gasteiger partial charge in [0.15, 0.2) is 42.0 Å². The van der Waals surface area contributed by atoms with Gasteiger partial charge in [-0.05, 0) is 208 Å². The number of likely N-dealkylation sites (tertiary alicyclic amines) is 2. The van der Waals surface area contributed by atoms with E-state index in [0.717, 1.165) is 72.7 Å². The highest BCUT2D eigenvalue weighted by molar-refractivity contribution is 7.10. The number of likely N-dealkylation sites (N-methyl/N-ethyl adjacent to an activating group) is 2. The molecular weight excluding hydrogens is 1680 g/mol. The SMILES string of the molecule is CCCC(=O)OCN(C(=O)[C@@H](CC(=O)[C@H]1CCCCN1C)C(C)CC)[C@H](C[C@@H](C)c1nc(C(=O)N[C@@H](Cc2ccc(O)cc2)C[C@H](C)C(=O)NCCC[Si](C)(C)O)cs1)C(C)C.CCCC(=O)OCN(C(=O)[C@@H](NC(=O)[C@H]1CCCCN1C)C(C)CC)[C@H](C[C@@H](OC(C)=O)c1nc(C(=O)N[C@@H](Cc2ccc(O)cc2)C[C@H](C)C(=O)CCC[Si](C)(C)O)cs1)C(C)C. The van der Waals surface area contributed by atoms with Crippen LogP contribution in [0.4, 0.5) is 0 Å². The molecule has 0 spiro atoms. The number of ketones is 2. The Kier molecular flexibility index (Phi) is 46.5. The van der Waals surface area contributed by atoms with Crippen molar-refractivity contribution in [3.8, 4) is 11.5 Å². The Morgan fingerprint density at radius 1 is 0.563 bits per heavy atom. The van der Waals surface area contributed by atoms with E-state index >= 15 is 0 Å². The highest BCUT2D eigenvalue weighted by Gasteiger charge is 2.43. The smallest absolute Gasteiger partial charge is 0.307 e. The minimum absolute atomic E-state index is 0.0324. The van der Waals surface area contributed by atoms with Crippen molar-refractivity contribution in [2.45, 2.75) is 331 Å². The molecule has 2 aromatic carbocycles. The zero-order valence-corrected chi connectivity index (χ0v) is 82.7. The number of aromatic hydroxyl groups is 2. The molecule has 4 aromatic rings. The summed E-state index contributed by atoms with van der Waals surface area (Å²) >= 11 is 2.50. The number of amides is 6. The van der Waals surface area contributed by atoms with E-state index in [1.165, 1.54) is 23.2 Å². The molecule has 2 aliphatic rings. The van der Waals surface area contributed by atoms with E-state index in [1.807, 2.05) is 135 Å². The van der Waals surface area contributed by atoms with Gasteiger partial charge >= 0.3 is 17.9 Å². The molecule has 4 heterocycles. The third-order valence-electron chi connectivity index (χ3n) is 24.4. The van der Waals surface area contributed by atoms with Crippen molar-refractivity contribution < 1.29 is 86.8 Å². The minimum Gasteiger partial charge on any atom is -0.508 e. The van der Waals surface area contributed by atoms with E-state index in [1.54, 1.807) is 64.2 Å². The lowest BCUT2D eigenvalue weighted by molar-refractivity contribution is -0.162. The van der Waals surface area contributed by atoms with Crippen molar-refractivity contribution in [2.24, 2.45) is 41.4 Å². The number of aromatic nitrogens is 2. The third kappa shape index (κ3) is 37.3. The third-order valence-corrected chi connectivity index (χ3v) is 29.6. The lowest BCUT2D eigenvalue weighted by Gasteiger charge is -2.39. The lowest BCUT2D eigenvalue weighted by Crippen LogP contribution is -2.59. The summed E-state index contributed by atoms with van der Waals surface area (Å²) in [7, 11) is -0.613. The number of carbonyl (C=O) groups excluding carboxylic acids is 11. The van der Waals surface area contributed by atoms with Gasteiger partial charge in [-0.15, -0.1) is 22.7 Å². The van der Waals surface area contributed by atoms with E-state index in [9.17, 15) is 72.5 Å². The Labute approximate surface area is 760 Å². The van der Waals surface area contributed by atoms with Crippen LogP contribution in [0.15, 0.2) is 59.3 Å². The molecule has 32 heteroatoms. The fraction of sp³-hybridized carbons (Fsp3) is 0.691. The van der Waals surface area contributed by atoms with Crippen LogP contribution in [-0.2, 0) is 70.2 Å². The van der Waals surface area contributed by atoms with E-state index in [-0.39, 0.29) is 157 Å².